The van der Waals surface area contributed by atoms with E-state index < -0.39 is 10.0 Å². The van der Waals surface area contributed by atoms with Crippen LogP contribution in [0.4, 0.5) is 11.4 Å². The predicted octanol–water partition coefficient (Wildman–Crippen LogP) is 3.82. The van der Waals surface area contributed by atoms with E-state index in [4.69, 9.17) is 4.52 Å². The highest BCUT2D eigenvalue weighted by atomic mass is 32.2. The monoisotopic (exact) mass is 415 g/mol. The molecule has 0 saturated heterocycles. The summed E-state index contributed by atoms with van der Waals surface area (Å²) in [6.45, 7) is 1.84. The number of benzene rings is 2. The lowest BCUT2D eigenvalue weighted by Gasteiger charge is -2.12. The van der Waals surface area contributed by atoms with Crippen LogP contribution < -0.4 is 10.0 Å². The Hall–Kier alpha value is -2.78. The lowest BCUT2D eigenvalue weighted by atomic mass is 10.1. The van der Waals surface area contributed by atoms with Crippen LogP contribution in [0.1, 0.15) is 6.92 Å². The fourth-order valence-corrected chi connectivity index (χ4v) is 4.82. The molecule has 2 aromatic carbocycles. The van der Waals surface area contributed by atoms with Gasteiger partial charge in [-0.1, -0.05) is 12.1 Å². The van der Waals surface area contributed by atoms with E-state index in [9.17, 15) is 13.2 Å². The van der Waals surface area contributed by atoms with Crippen LogP contribution in [0.25, 0.3) is 11.3 Å². The molecule has 0 radical (unpaired) electrons. The average Bonchev–Trinajstić information content (AvgIpc) is 3.17. The zero-order valence-corrected chi connectivity index (χ0v) is 16.5. The molecule has 0 aliphatic carbocycles. The van der Waals surface area contributed by atoms with Crippen LogP contribution >= 0.6 is 11.8 Å². The van der Waals surface area contributed by atoms with E-state index in [1.165, 1.54) is 17.8 Å². The number of aromatic nitrogens is 1. The molecule has 0 saturated carbocycles. The van der Waals surface area contributed by atoms with Crippen molar-refractivity contribution in [2.45, 2.75) is 16.7 Å². The molecule has 2 N–H and O–H groups in total. The van der Waals surface area contributed by atoms with Crippen molar-refractivity contribution in [3.63, 3.8) is 0 Å². The number of thioether (sulfide) groups is 1. The van der Waals surface area contributed by atoms with Crippen LogP contribution in [0, 0.1) is 5.92 Å². The number of rotatable bonds is 4. The summed E-state index contributed by atoms with van der Waals surface area (Å²) >= 11 is 1.53. The minimum Gasteiger partial charge on any atom is -0.356 e. The molecule has 1 aliphatic rings. The SMILES string of the molecule is C[C@@H]1CSc2ccc(S(=O)(=O)Nc3ccc(-c4ccno4)cc3)cc2NC1=O. The smallest absolute Gasteiger partial charge is 0.261 e. The van der Waals surface area contributed by atoms with Gasteiger partial charge in [-0.2, -0.15) is 0 Å². The van der Waals surface area contributed by atoms with Gasteiger partial charge < -0.3 is 9.84 Å². The first-order chi connectivity index (χ1) is 13.4. The van der Waals surface area contributed by atoms with Gasteiger partial charge in [0.2, 0.25) is 5.91 Å². The third-order valence-corrected chi connectivity index (χ3v) is 7.03. The largest absolute Gasteiger partial charge is 0.356 e. The van der Waals surface area contributed by atoms with Crippen LogP contribution in [-0.2, 0) is 14.8 Å². The Kier molecular flexibility index (Phi) is 4.86. The Labute approximate surface area is 166 Å². The topological polar surface area (TPSA) is 101 Å². The first-order valence-electron chi connectivity index (χ1n) is 8.54. The highest BCUT2D eigenvalue weighted by Gasteiger charge is 2.23. The zero-order valence-electron chi connectivity index (χ0n) is 14.9. The van der Waals surface area contributed by atoms with E-state index in [1.807, 2.05) is 6.92 Å². The predicted molar refractivity (Wildman–Crippen MR) is 108 cm³/mol. The maximum atomic E-state index is 12.8. The minimum absolute atomic E-state index is 0.0843. The van der Waals surface area contributed by atoms with Crippen molar-refractivity contribution in [3.8, 4) is 11.3 Å². The molecule has 0 fully saturated rings. The fourth-order valence-electron chi connectivity index (χ4n) is 2.73. The molecule has 3 aromatic rings. The molecule has 1 atom stereocenters. The number of hydrogen-bond donors (Lipinski definition) is 2. The molecule has 2 heterocycles. The summed E-state index contributed by atoms with van der Waals surface area (Å²) in [5.74, 6) is 0.999. The molecule has 1 aliphatic heterocycles. The van der Waals surface area contributed by atoms with Gasteiger partial charge in [-0.25, -0.2) is 8.42 Å². The highest BCUT2D eigenvalue weighted by molar-refractivity contribution is 7.99. The molecule has 0 spiro atoms. The second-order valence-corrected chi connectivity index (χ2v) is 9.16. The van der Waals surface area contributed by atoms with Gasteiger partial charge in [-0.3, -0.25) is 9.52 Å². The summed E-state index contributed by atoms with van der Waals surface area (Å²) < 4.78 is 33.2. The standard InChI is InChI=1S/C19H17N3O4S2/c1-12-11-27-18-7-6-15(10-16(18)21-19(12)23)28(24,25)22-14-4-2-13(3-5-14)17-8-9-20-26-17/h2-10,12,22H,11H2,1H3,(H,21,23)/t12-/m1/s1. The molecule has 1 amide bonds. The normalized spacial score (nSPS) is 16.8. The first-order valence-corrected chi connectivity index (χ1v) is 11.0. The van der Waals surface area contributed by atoms with Crippen molar-refractivity contribution in [2.75, 3.05) is 15.8 Å². The lowest BCUT2D eigenvalue weighted by molar-refractivity contribution is -0.118. The third-order valence-electron chi connectivity index (χ3n) is 4.32. The van der Waals surface area contributed by atoms with Gasteiger partial charge in [-0.15, -0.1) is 11.8 Å². The number of carbonyl (C=O) groups excluding carboxylic acids is 1. The molecular formula is C19H17N3O4S2. The number of anilines is 2. The molecule has 0 unspecified atom stereocenters. The van der Waals surface area contributed by atoms with Crippen molar-refractivity contribution in [1.82, 2.24) is 5.16 Å². The van der Waals surface area contributed by atoms with Crippen molar-refractivity contribution in [2.24, 2.45) is 5.92 Å². The Balaban J connectivity index is 1.57. The molecule has 9 heteroatoms. The van der Waals surface area contributed by atoms with Crippen LogP contribution in [0.2, 0.25) is 0 Å². The van der Waals surface area contributed by atoms with Gasteiger partial charge in [0.25, 0.3) is 10.0 Å². The Morgan fingerprint density at radius 1 is 1.18 bits per heavy atom. The van der Waals surface area contributed by atoms with Crippen LogP contribution in [-0.4, -0.2) is 25.2 Å². The number of fused-ring (bicyclic) bond motifs is 1. The number of amides is 1. The fraction of sp³-hybridized carbons (Fsp3) is 0.158. The maximum Gasteiger partial charge on any atom is 0.261 e. The molecule has 4 rings (SSSR count). The summed E-state index contributed by atoms with van der Waals surface area (Å²) in [5, 5.41) is 6.46. The molecule has 0 bridgehead atoms. The minimum atomic E-state index is -3.80. The van der Waals surface area contributed by atoms with Gasteiger partial charge in [-0.05, 0) is 42.5 Å². The number of carbonyl (C=O) groups is 1. The van der Waals surface area contributed by atoms with E-state index in [0.29, 0.717) is 22.9 Å². The van der Waals surface area contributed by atoms with Gasteiger partial charge in [0.1, 0.15) is 0 Å². The van der Waals surface area contributed by atoms with Gasteiger partial charge in [0.15, 0.2) is 5.76 Å². The molecule has 1 aromatic heterocycles. The Morgan fingerprint density at radius 3 is 2.68 bits per heavy atom. The Morgan fingerprint density at radius 2 is 1.96 bits per heavy atom. The van der Waals surface area contributed by atoms with E-state index >= 15 is 0 Å². The van der Waals surface area contributed by atoms with E-state index in [-0.39, 0.29) is 16.7 Å². The van der Waals surface area contributed by atoms with E-state index in [1.54, 1.807) is 48.7 Å². The molecule has 144 valence electrons. The Bertz CT molecular complexity index is 1110. The number of sulfonamides is 1. The molecular weight excluding hydrogens is 398 g/mol. The highest BCUT2D eigenvalue weighted by Crippen LogP contribution is 2.34. The van der Waals surface area contributed by atoms with Crippen LogP contribution in [0.3, 0.4) is 0 Å². The second kappa shape index (κ2) is 7.33. The van der Waals surface area contributed by atoms with Crippen molar-refractivity contribution in [3.05, 3.63) is 54.7 Å². The van der Waals surface area contributed by atoms with E-state index in [2.05, 4.69) is 15.2 Å². The van der Waals surface area contributed by atoms with Gasteiger partial charge in [0.05, 0.1) is 16.8 Å². The summed E-state index contributed by atoms with van der Waals surface area (Å²) in [5.41, 5.74) is 1.73. The zero-order chi connectivity index (χ0) is 19.7. The van der Waals surface area contributed by atoms with Gasteiger partial charge in [0, 0.05) is 33.9 Å². The third kappa shape index (κ3) is 3.76. The van der Waals surface area contributed by atoms with Crippen molar-refractivity contribution >= 4 is 39.1 Å². The summed E-state index contributed by atoms with van der Waals surface area (Å²) in [6.07, 6.45) is 1.54. The molecule has 28 heavy (non-hydrogen) atoms. The van der Waals surface area contributed by atoms with E-state index in [0.717, 1.165) is 10.5 Å². The summed E-state index contributed by atoms with van der Waals surface area (Å²) in [7, 11) is -3.80. The quantitative estimate of drug-likeness (QED) is 0.672. The van der Waals surface area contributed by atoms with Crippen molar-refractivity contribution < 1.29 is 17.7 Å². The lowest BCUT2D eigenvalue weighted by Crippen LogP contribution is -2.20. The van der Waals surface area contributed by atoms with Crippen LogP contribution in [0.15, 0.2) is 69.0 Å². The second-order valence-electron chi connectivity index (χ2n) is 6.42. The van der Waals surface area contributed by atoms with Crippen LogP contribution in [0.5, 0.6) is 0 Å². The van der Waals surface area contributed by atoms with Gasteiger partial charge >= 0.3 is 0 Å². The number of nitrogens with one attached hydrogen (secondary N) is 2. The molecule has 7 nitrogen and oxygen atoms in total. The number of nitrogens with zero attached hydrogens (tertiary/aromatic N) is 1. The first kappa shape index (κ1) is 18.6. The summed E-state index contributed by atoms with van der Waals surface area (Å²) in [4.78, 5) is 13.0. The average molecular weight is 415 g/mol. The van der Waals surface area contributed by atoms with Crippen molar-refractivity contribution in [1.29, 1.82) is 0 Å². The number of hydrogen-bond acceptors (Lipinski definition) is 6. The summed E-state index contributed by atoms with van der Waals surface area (Å²) in [6, 6.07) is 13.3. The maximum absolute atomic E-state index is 12.8.